The van der Waals surface area contributed by atoms with Crippen LogP contribution in [0.5, 0.6) is 0 Å². The number of fused-ring (bicyclic) bond motifs is 16. The highest BCUT2D eigenvalue weighted by atomic mass is 15.0. The van der Waals surface area contributed by atoms with Gasteiger partial charge >= 0.3 is 0 Å². The van der Waals surface area contributed by atoms with E-state index in [-0.39, 0.29) is 0 Å². The summed E-state index contributed by atoms with van der Waals surface area (Å²) in [5, 5.41) is 15.3. The summed E-state index contributed by atoms with van der Waals surface area (Å²) in [4.78, 5) is 11.1. The molecule has 5 aromatic heterocycles. The van der Waals surface area contributed by atoms with Gasteiger partial charge in [-0.1, -0.05) is 218 Å². The molecule has 20 rings (SSSR count). The quantitative estimate of drug-likeness (QED) is 0.142. The summed E-state index contributed by atoms with van der Waals surface area (Å²) in [5.41, 5.74) is 22.4. The number of nitrogens with zero attached hydrogens (tertiary/aromatic N) is 6. The summed E-state index contributed by atoms with van der Waals surface area (Å²) < 4.78 is 9.69. The minimum Gasteiger partial charge on any atom is -0.309 e. The molecule has 94 heavy (non-hydrogen) atoms. The summed E-state index contributed by atoms with van der Waals surface area (Å²) in [7, 11) is 0. The fourth-order valence-corrected chi connectivity index (χ4v) is 15.8. The van der Waals surface area contributed by atoms with E-state index in [1.165, 1.54) is 87.4 Å². The maximum atomic E-state index is 5.62. The monoisotopic (exact) mass is 1190 g/mol. The molecule has 6 nitrogen and oxygen atoms in total. The molecule has 15 aromatic carbocycles. The Balaban J connectivity index is 0.716. The highest BCUT2D eigenvalue weighted by molar-refractivity contribution is 6.24. The second-order valence-electron chi connectivity index (χ2n) is 24.8. The molecule has 0 aliphatic rings. The molecule has 20 aromatic rings. The van der Waals surface area contributed by atoms with E-state index in [1.54, 1.807) is 0 Å². The summed E-state index contributed by atoms with van der Waals surface area (Å²) in [5.74, 6) is 0.677. The third kappa shape index (κ3) is 7.71. The lowest BCUT2D eigenvalue weighted by molar-refractivity contribution is 1.18. The van der Waals surface area contributed by atoms with Crippen LogP contribution in [-0.2, 0) is 0 Å². The van der Waals surface area contributed by atoms with Crippen molar-refractivity contribution >= 4 is 120 Å². The van der Waals surface area contributed by atoms with E-state index in [1.807, 2.05) is 0 Å². The van der Waals surface area contributed by atoms with E-state index in [0.29, 0.717) is 5.82 Å². The summed E-state index contributed by atoms with van der Waals surface area (Å²) in [6.07, 6.45) is 0. The SMILES string of the molecule is c1ccc(-n2c3ccccc3c3c(-c4cccc5c4c4ccccc4n5-c4cccc(-c5nc(-c6ccc7cc(-n8c9ccccc9c9c(-c%10cccc%11c%10c%10ccccc%10n%11-c%10ccccc%10)cccc98)ccc7c6)nc6c5ccc5ccccc56)c4)cccc32)cc1. The van der Waals surface area contributed by atoms with Crippen LogP contribution in [-0.4, -0.2) is 28.2 Å². The van der Waals surface area contributed by atoms with Crippen molar-refractivity contribution in [2.45, 2.75) is 0 Å². The molecule has 0 aliphatic carbocycles. The number of aromatic nitrogens is 6. The molecular weight excluding hydrogens is 1140 g/mol. The average molecular weight is 1200 g/mol. The van der Waals surface area contributed by atoms with Crippen LogP contribution in [0.15, 0.2) is 328 Å². The van der Waals surface area contributed by atoms with E-state index in [0.717, 1.165) is 94.1 Å². The minimum absolute atomic E-state index is 0.677. The molecule has 0 saturated heterocycles. The standard InChI is InChI=1S/C88H54N6/c1-3-24-60(25-4-1)91-74-38-13-9-30-69(74)82-65(34-18-42-78(82)91)67-36-20-44-80-84(67)71-32-11-15-40-76(71)93(80)62-28-17-23-58(54-62)86-73-51-49-55-22-7-8-29-64(55)87(73)90-88(89-86)59-47-46-57-53-63(50-48-56(57)52-59)94-77-41-16-12-33-72(77)85-68(37-21-45-81(85)94)66-35-19-43-79-83(66)70-31-10-14-39-75(70)92(79)61-26-5-2-6-27-61/h1-54H. The van der Waals surface area contributed by atoms with Crippen molar-refractivity contribution in [3.05, 3.63) is 328 Å². The van der Waals surface area contributed by atoms with Crippen molar-refractivity contribution < 1.29 is 0 Å². The van der Waals surface area contributed by atoms with E-state index in [4.69, 9.17) is 9.97 Å². The van der Waals surface area contributed by atoms with Crippen LogP contribution in [0, 0.1) is 0 Å². The van der Waals surface area contributed by atoms with Crippen LogP contribution in [0.1, 0.15) is 0 Å². The second kappa shape index (κ2) is 20.4. The predicted octanol–water partition coefficient (Wildman–Crippen LogP) is 23.0. The van der Waals surface area contributed by atoms with E-state index in [2.05, 4.69) is 346 Å². The van der Waals surface area contributed by atoms with Crippen LogP contribution >= 0.6 is 0 Å². The molecule has 436 valence electrons. The van der Waals surface area contributed by atoms with Gasteiger partial charge in [0.05, 0.1) is 55.3 Å². The molecule has 0 unspecified atom stereocenters. The lowest BCUT2D eigenvalue weighted by atomic mass is 9.95. The van der Waals surface area contributed by atoms with Gasteiger partial charge in [0, 0.05) is 87.7 Å². The predicted molar refractivity (Wildman–Crippen MR) is 394 cm³/mol. The van der Waals surface area contributed by atoms with Crippen molar-refractivity contribution in [2.24, 2.45) is 0 Å². The number of rotatable bonds is 8. The minimum atomic E-state index is 0.677. The van der Waals surface area contributed by atoms with Gasteiger partial charge in [0.1, 0.15) is 0 Å². The van der Waals surface area contributed by atoms with Crippen LogP contribution in [0.3, 0.4) is 0 Å². The Hall–Kier alpha value is -12.6. The zero-order chi connectivity index (χ0) is 61.5. The average Bonchev–Trinajstić information content (AvgIpc) is 1.56. The first-order valence-electron chi connectivity index (χ1n) is 32.2. The van der Waals surface area contributed by atoms with Gasteiger partial charge in [-0.2, -0.15) is 0 Å². The van der Waals surface area contributed by atoms with Gasteiger partial charge in [-0.25, -0.2) is 9.97 Å². The molecule has 0 atom stereocenters. The number of hydrogen-bond acceptors (Lipinski definition) is 2. The van der Waals surface area contributed by atoms with Crippen LogP contribution in [0.25, 0.3) is 187 Å². The number of hydrogen-bond donors (Lipinski definition) is 0. The first-order valence-corrected chi connectivity index (χ1v) is 32.2. The molecule has 5 heterocycles. The van der Waals surface area contributed by atoms with Gasteiger partial charge in [-0.3, -0.25) is 0 Å². The van der Waals surface area contributed by atoms with Crippen molar-refractivity contribution in [1.82, 2.24) is 28.2 Å². The molecule has 0 aliphatic heterocycles. The molecule has 0 radical (unpaired) electrons. The van der Waals surface area contributed by atoms with Crippen molar-refractivity contribution in [3.8, 4) is 67.6 Å². The van der Waals surface area contributed by atoms with Crippen molar-refractivity contribution in [3.63, 3.8) is 0 Å². The Morgan fingerprint density at radius 2 is 0.574 bits per heavy atom. The zero-order valence-corrected chi connectivity index (χ0v) is 50.9. The first-order chi connectivity index (χ1) is 46.7. The fourth-order valence-electron chi connectivity index (χ4n) is 15.8. The molecule has 0 bridgehead atoms. The second-order valence-corrected chi connectivity index (χ2v) is 24.8. The van der Waals surface area contributed by atoms with E-state index >= 15 is 0 Å². The van der Waals surface area contributed by atoms with Gasteiger partial charge in [-0.15, -0.1) is 0 Å². The molecule has 0 spiro atoms. The maximum absolute atomic E-state index is 5.62. The lowest BCUT2D eigenvalue weighted by Crippen LogP contribution is -1.98. The highest BCUT2D eigenvalue weighted by Crippen LogP contribution is 2.47. The third-order valence-corrected chi connectivity index (χ3v) is 19.7. The highest BCUT2D eigenvalue weighted by Gasteiger charge is 2.25. The fraction of sp³-hybridized carbons (Fsp3) is 0. The van der Waals surface area contributed by atoms with Crippen LogP contribution in [0.2, 0.25) is 0 Å². The Morgan fingerprint density at radius 1 is 0.202 bits per heavy atom. The first kappa shape index (κ1) is 52.2. The molecule has 0 amide bonds. The van der Waals surface area contributed by atoms with Gasteiger partial charge in [0.2, 0.25) is 0 Å². The van der Waals surface area contributed by atoms with Crippen LogP contribution < -0.4 is 0 Å². The number of para-hydroxylation sites is 6. The topological polar surface area (TPSA) is 45.5 Å². The molecule has 0 fully saturated rings. The molecule has 0 saturated carbocycles. The zero-order valence-electron chi connectivity index (χ0n) is 50.9. The van der Waals surface area contributed by atoms with Gasteiger partial charge in [0.15, 0.2) is 5.82 Å². The maximum Gasteiger partial charge on any atom is 0.160 e. The van der Waals surface area contributed by atoms with E-state index in [9.17, 15) is 0 Å². The summed E-state index contributed by atoms with van der Waals surface area (Å²) in [6.45, 7) is 0. The largest absolute Gasteiger partial charge is 0.309 e. The Morgan fingerprint density at radius 3 is 1.07 bits per heavy atom. The van der Waals surface area contributed by atoms with Gasteiger partial charge in [0.25, 0.3) is 0 Å². The molecular formula is C88H54N6. The van der Waals surface area contributed by atoms with E-state index < -0.39 is 0 Å². The summed E-state index contributed by atoms with van der Waals surface area (Å²) in [6, 6.07) is 119. The smallest absolute Gasteiger partial charge is 0.160 e. The lowest BCUT2D eigenvalue weighted by Gasteiger charge is -2.14. The molecule has 0 N–H and O–H groups in total. The third-order valence-electron chi connectivity index (χ3n) is 19.7. The van der Waals surface area contributed by atoms with Gasteiger partial charge in [-0.05, 0) is 148 Å². The number of benzene rings is 15. The summed E-state index contributed by atoms with van der Waals surface area (Å²) >= 11 is 0. The van der Waals surface area contributed by atoms with Crippen LogP contribution in [0.4, 0.5) is 0 Å². The normalized spacial score (nSPS) is 12.0. The molecule has 6 heteroatoms. The Bertz CT molecular complexity index is 6540. The van der Waals surface area contributed by atoms with Crippen molar-refractivity contribution in [2.75, 3.05) is 0 Å². The Kier molecular flexibility index (Phi) is 11.3. The Labute approximate surface area is 540 Å². The van der Waals surface area contributed by atoms with Crippen molar-refractivity contribution in [1.29, 1.82) is 0 Å². The van der Waals surface area contributed by atoms with Gasteiger partial charge < -0.3 is 18.3 Å².